The van der Waals surface area contributed by atoms with Crippen molar-refractivity contribution < 1.29 is 9.53 Å². The SMILES string of the molecule is NC1=NC(=O)O[C@@]12CCc1ccccc12. The summed E-state index contributed by atoms with van der Waals surface area (Å²) in [6.45, 7) is 0. The number of carbonyl (C=O) groups excluding carboxylic acids is 1. The minimum atomic E-state index is -0.770. The number of rotatable bonds is 0. The van der Waals surface area contributed by atoms with Crippen molar-refractivity contribution in [3.05, 3.63) is 35.4 Å². The van der Waals surface area contributed by atoms with Crippen LogP contribution in [0, 0.1) is 0 Å². The molecular formula is C11H10N2O2. The van der Waals surface area contributed by atoms with E-state index in [4.69, 9.17) is 10.5 Å². The monoisotopic (exact) mass is 202 g/mol. The lowest BCUT2D eigenvalue weighted by Crippen LogP contribution is -2.37. The van der Waals surface area contributed by atoms with E-state index >= 15 is 0 Å². The first kappa shape index (κ1) is 8.47. The van der Waals surface area contributed by atoms with Crippen molar-refractivity contribution in [2.75, 3.05) is 0 Å². The third-order valence-corrected chi connectivity index (χ3v) is 3.09. The Hall–Kier alpha value is -1.84. The van der Waals surface area contributed by atoms with Crippen molar-refractivity contribution in [1.82, 2.24) is 0 Å². The molecule has 1 heterocycles. The molecule has 1 aromatic rings. The normalized spacial score (nSPS) is 27.7. The molecule has 1 amide bonds. The van der Waals surface area contributed by atoms with Gasteiger partial charge in [-0.15, -0.1) is 0 Å². The number of nitrogens with two attached hydrogens (primary N) is 1. The number of aliphatic imine (C=N–C) groups is 1. The second-order valence-electron chi connectivity index (χ2n) is 3.85. The van der Waals surface area contributed by atoms with E-state index in [2.05, 4.69) is 4.99 Å². The highest BCUT2D eigenvalue weighted by atomic mass is 16.6. The number of ether oxygens (including phenoxy) is 1. The quantitative estimate of drug-likeness (QED) is 0.690. The van der Waals surface area contributed by atoms with Crippen LogP contribution in [0.4, 0.5) is 4.79 Å². The highest BCUT2D eigenvalue weighted by molar-refractivity contribution is 6.03. The summed E-state index contributed by atoms with van der Waals surface area (Å²) in [6.07, 6.45) is 0.997. The summed E-state index contributed by atoms with van der Waals surface area (Å²) in [5.41, 5.74) is 7.18. The van der Waals surface area contributed by atoms with E-state index in [0.29, 0.717) is 6.42 Å². The minimum Gasteiger partial charge on any atom is -0.428 e. The average molecular weight is 202 g/mol. The highest BCUT2D eigenvalue weighted by Gasteiger charge is 2.49. The van der Waals surface area contributed by atoms with Crippen LogP contribution in [-0.2, 0) is 16.8 Å². The van der Waals surface area contributed by atoms with Crippen molar-refractivity contribution in [2.45, 2.75) is 18.4 Å². The molecule has 1 spiro atoms. The van der Waals surface area contributed by atoms with Crippen LogP contribution in [0.3, 0.4) is 0 Å². The van der Waals surface area contributed by atoms with Crippen LogP contribution in [0.2, 0.25) is 0 Å². The van der Waals surface area contributed by atoms with Gasteiger partial charge in [-0.2, -0.15) is 4.99 Å². The van der Waals surface area contributed by atoms with Gasteiger partial charge in [-0.25, -0.2) is 4.79 Å². The zero-order valence-corrected chi connectivity index (χ0v) is 8.06. The number of benzene rings is 1. The second-order valence-corrected chi connectivity index (χ2v) is 3.85. The van der Waals surface area contributed by atoms with Crippen LogP contribution in [0.1, 0.15) is 17.5 Å². The number of fused-ring (bicyclic) bond motifs is 2. The van der Waals surface area contributed by atoms with E-state index in [-0.39, 0.29) is 5.84 Å². The van der Waals surface area contributed by atoms with Gasteiger partial charge in [0.1, 0.15) is 0 Å². The summed E-state index contributed by atoms with van der Waals surface area (Å²) >= 11 is 0. The van der Waals surface area contributed by atoms with Gasteiger partial charge in [0.2, 0.25) is 0 Å². The fourth-order valence-corrected chi connectivity index (χ4v) is 2.36. The maximum Gasteiger partial charge on any atom is 0.436 e. The Balaban J connectivity index is 2.18. The molecular weight excluding hydrogens is 192 g/mol. The fraction of sp³-hybridized carbons (Fsp3) is 0.273. The Morgan fingerprint density at radius 2 is 2.20 bits per heavy atom. The van der Waals surface area contributed by atoms with Crippen LogP contribution in [0.15, 0.2) is 29.3 Å². The van der Waals surface area contributed by atoms with Gasteiger partial charge in [0.15, 0.2) is 11.4 Å². The van der Waals surface area contributed by atoms with Gasteiger partial charge in [-0.3, -0.25) is 0 Å². The Morgan fingerprint density at radius 3 is 2.93 bits per heavy atom. The van der Waals surface area contributed by atoms with E-state index < -0.39 is 11.7 Å². The molecule has 0 bridgehead atoms. The minimum absolute atomic E-state index is 0.289. The van der Waals surface area contributed by atoms with E-state index in [1.165, 1.54) is 5.56 Å². The molecule has 0 saturated carbocycles. The maximum atomic E-state index is 11.1. The molecule has 4 heteroatoms. The number of aryl methyl sites for hydroxylation is 1. The van der Waals surface area contributed by atoms with Crippen LogP contribution in [0.25, 0.3) is 0 Å². The Labute approximate surface area is 86.8 Å². The molecule has 1 aliphatic carbocycles. The lowest BCUT2D eigenvalue weighted by Gasteiger charge is -2.22. The zero-order valence-electron chi connectivity index (χ0n) is 8.06. The summed E-state index contributed by atoms with van der Waals surface area (Å²) in [5.74, 6) is 0.289. The molecule has 1 aromatic carbocycles. The van der Waals surface area contributed by atoms with Crippen molar-refractivity contribution in [3.8, 4) is 0 Å². The third kappa shape index (κ3) is 0.960. The van der Waals surface area contributed by atoms with Gasteiger partial charge in [0, 0.05) is 12.0 Å². The molecule has 0 fully saturated rings. The van der Waals surface area contributed by atoms with Gasteiger partial charge >= 0.3 is 6.09 Å². The molecule has 15 heavy (non-hydrogen) atoms. The maximum absolute atomic E-state index is 11.1. The molecule has 1 aliphatic heterocycles. The Morgan fingerprint density at radius 1 is 1.40 bits per heavy atom. The van der Waals surface area contributed by atoms with Gasteiger partial charge < -0.3 is 10.5 Å². The van der Waals surface area contributed by atoms with E-state index in [1.54, 1.807) is 0 Å². The molecule has 1 atom stereocenters. The van der Waals surface area contributed by atoms with Crippen LogP contribution < -0.4 is 5.73 Å². The first-order valence-corrected chi connectivity index (χ1v) is 4.88. The van der Waals surface area contributed by atoms with Crippen molar-refractivity contribution in [1.29, 1.82) is 0 Å². The smallest absolute Gasteiger partial charge is 0.428 e. The lowest BCUT2D eigenvalue weighted by molar-refractivity contribution is 0.0808. The lowest BCUT2D eigenvalue weighted by atomic mass is 9.95. The molecule has 0 saturated heterocycles. The molecule has 0 aromatic heterocycles. The summed E-state index contributed by atoms with van der Waals surface area (Å²) in [5, 5.41) is 0. The standard InChI is InChI=1S/C11H10N2O2/c12-9-11(15-10(14)13-9)6-5-7-3-1-2-4-8(7)11/h1-4H,5-6H2,(H2,12,13,14)/t11-/m1/s1. The number of amides is 1. The predicted molar refractivity (Wildman–Crippen MR) is 54.5 cm³/mol. The van der Waals surface area contributed by atoms with Crippen LogP contribution in [0.5, 0.6) is 0 Å². The summed E-state index contributed by atoms with van der Waals surface area (Å²) in [4.78, 5) is 14.8. The van der Waals surface area contributed by atoms with Gasteiger partial charge in [0.05, 0.1) is 0 Å². The predicted octanol–water partition coefficient (Wildman–Crippen LogP) is 1.34. The van der Waals surface area contributed by atoms with E-state index in [1.807, 2.05) is 24.3 Å². The molecule has 0 radical (unpaired) electrons. The molecule has 4 nitrogen and oxygen atoms in total. The number of carbonyl (C=O) groups is 1. The number of hydrogen-bond acceptors (Lipinski definition) is 3. The third-order valence-electron chi connectivity index (χ3n) is 3.09. The van der Waals surface area contributed by atoms with Gasteiger partial charge in [0.25, 0.3) is 0 Å². The fourth-order valence-electron chi connectivity index (χ4n) is 2.36. The van der Waals surface area contributed by atoms with Crippen molar-refractivity contribution >= 4 is 11.9 Å². The number of amidine groups is 1. The highest BCUT2D eigenvalue weighted by Crippen LogP contribution is 2.42. The summed E-state index contributed by atoms with van der Waals surface area (Å²) in [6, 6.07) is 7.88. The largest absolute Gasteiger partial charge is 0.436 e. The van der Waals surface area contributed by atoms with Gasteiger partial charge in [-0.1, -0.05) is 24.3 Å². The molecule has 2 N–H and O–H groups in total. The van der Waals surface area contributed by atoms with Gasteiger partial charge in [-0.05, 0) is 12.0 Å². The first-order chi connectivity index (χ1) is 7.22. The van der Waals surface area contributed by atoms with Crippen LogP contribution in [-0.4, -0.2) is 11.9 Å². The number of nitrogens with zero attached hydrogens (tertiary/aromatic N) is 1. The molecule has 76 valence electrons. The molecule has 2 aliphatic rings. The molecule has 0 unspecified atom stereocenters. The molecule has 3 rings (SSSR count). The average Bonchev–Trinajstić information content (AvgIpc) is 2.72. The topological polar surface area (TPSA) is 64.7 Å². The van der Waals surface area contributed by atoms with Crippen LogP contribution >= 0.6 is 0 Å². The van der Waals surface area contributed by atoms with Crippen molar-refractivity contribution in [3.63, 3.8) is 0 Å². The number of hydrogen-bond donors (Lipinski definition) is 1. The summed E-state index contributed by atoms with van der Waals surface area (Å²) < 4.78 is 5.28. The first-order valence-electron chi connectivity index (χ1n) is 4.88. The Bertz CT molecular complexity index is 481. The van der Waals surface area contributed by atoms with E-state index in [9.17, 15) is 4.79 Å². The Kier molecular flexibility index (Phi) is 1.46. The zero-order chi connectivity index (χ0) is 10.5. The summed E-state index contributed by atoms with van der Waals surface area (Å²) in [7, 11) is 0. The second kappa shape index (κ2) is 2.59. The van der Waals surface area contributed by atoms with E-state index in [0.717, 1.165) is 12.0 Å². The van der Waals surface area contributed by atoms with Crippen molar-refractivity contribution in [2.24, 2.45) is 10.7 Å².